The lowest BCUT2D eigenvalue weighted by Gasteiger charge is -2.09. The fraction of sp³-hybridized carbons (Fsp3) is 0.600. The lowest BCUT2D eigenvalue weighted by Crippen LogP contribution is -2.06. The number of rotatable bonds is 10. The molecule has 1 atom stereocenters. The molecule has 0 spiro atoms. The zero-order valence-electron chi connectivity index (χ0n) is 11.8. The van der Waals surface area contributed by atoms with E-state index in [1.807, 2.05) is 43.0 Å². The van der Waals surface area contributed by atoms with Crippen LogP contribution in [-0.4, -0.2) is 36.4 Å². The van der Waals surface area contributed by atoms with Gasteiger partial charge >= 0.3 is 0 Å². The van der Waals surface area contributed by atoms with Crippen LogP contribution in [0.15, 0.2) is 24.3 Å². The average Bonchev–Trinajstić information content (AvgIpc) is 2.45. The highest BCUT2D eigenvalue weighted by Crippen LogP contribution is 2.18. The third kappa shape index (κ3) is 7.33. The van der Waals surface area contributed by atoms with E-state index in [4.69, 9.17) is 14.6 Å². The maximum atomic E-state index is 8.90. The van der Waals surface area contributed by atoms with Gasteiger partial charge in [-0.05, 0) is 42.4 Å². The van der Waals surface area contributed by atoms with Crippen LogP contribution in [0.1, 0.15) is 20.3 Å². The van der Waals surface area contributed by atoms with Crippen molar-refractivity contribution in [2.75, 3.05) is 31.3 Å². The van der Waals surface area contributed by atoms with Crippen molar-refractivity contribution >= 4 is 11.8 Å². The van der Waals surface area contributed by atoms with E-state index < -0.39 is 0 Å². The molecule has 1 unspecified atom stereocenters. The molecule has 0 saturated carbocycles. The molecule has 1 aromatic rings. The van der Waals surface area contributed by atoms with Gasteiger partial charge in [0, 0.05) is 12.4 Å². The van der Waals surface area contributed by atoms with E-state index in [-0.39, 0.29) is 6.61 Å². The number of hydrogen-bond donors (Lipinski definition) is 1. The van der Waals surface area contributed by atoms with Crippen LogP contribution in [0.5, 0.6) is 11.5 Å². The first kappa shape index (κ1) is 16.2. The number of aliphatic hydroxyl groups is 1. The first-order chi connectivity index (χ1) is 9.26. The summed E-state index contributed by atoms with van der Waals surface area (Å²) in [7, 11) is 0. The van der Waals surface area contributed by atoms with Crippen LogP contribution in [0.4, 0.5) is 0 Å². The van der Waals surface area contributed by atoms with Crippen LogP contribution in [0, 0.1) is 5.92 Å². The summed E-state index contributed by atoms with van der Waals surface area (Å²) in [4.78, 5) is 0. The molecule has 19 heavy (non-hydrogen) atoms. The van der Waals surface area contributed by atoms with E-state index in [0.29, 0.717) is 12.5 Å². The molecule has 3 nitrogen and oxygen atoms in total. The molecule has 0 aliphatic rings. The van der Waals surface area contributed by atoms with Crippen LogP contribution in [0.25, 0.3) is 0 Å². The fourth-order valence-electron chi connectivity index (χ4n) is 1.41. The lowest BCUT2D eigenvalue weighted by atomic mass is 10.2. The summed E-state index contributed by atoms with van der Waals surface area (Å²) in [6.07, 6.45) is 1.02. The molecule has 1 aromatic carbocycles. The van der Waals surface area contributed by atoms with Gasteiger partial charge in [-0.25, -0.2) is 0 Å². The number of ether oxygens (including phenoxy) is 2. The summed E-state index contributed by atoms with van der Waals surface area (Å²) >= 11 is 1.81. The van der Waals surface area contributed by atoms with E-state index in [9.17, 15) is 0 Å². The van der Waals surface area contributed by atoms with Crippen LogP contribution in [0.3, 0.4) is 0 Å². The van der Waals surface area contributed by atoms with Crippen molar-refractivity contribution in [2.45, 2.75) is 20.3 Å². The van der Waals surface area contributed by atoms with Gasteiger partial charge in [0.05, 0.1) is 13.2 Å². The maximum absolute atomic E-state index is 8.90. The van der Waals surface area contributed by atoms with Crippen molar-refractivity contribution in [3.63, 3.8) is 0 Å². The highest BCUT2D eigenvalue weighted by atomic mass is 32.2. The second-order valence-corrected chi connectivity index (χ2v) is 5.68. The van der Waals surface area contributed by atoms with Crippen molar-refractivity contribution in [2.24, 2.45) is 5.92 Å². The minimum Gasteiger partial charge on any atom is -0.494 e. The summed E-state index contributed by atoms with van der Waals surface area (Å²) < 4.78 is 11.2. The van der Waals surface area contributed by atoms with Crippen LogP contribution < -0.4 is 9.47 Å². The van der Waals surface area contributed by atoms with Gasteiger partial charge < -0.3 is 14.6 Å². The molecule has 0 fully saturated rings. The minimum atomic E-state index is 0.257. The van der Waals surface area contributed by atoms with E-state index in [1.165, 1.54) is 0 Å². The molecular formula is C15H24O3S. The zero-order chi connectivity index (χ0) is 13.9. The Morgan fingerprint density at radius 3 is 2.21 bits per heavy atom. The zero-order valence-corrected chi connectivity index (χ0v) is 12.6. The molecular weight excluding hydrogens is 260 g/mol. The second kappa shape index (κ2) is 9.98. The molecule has 0 amide bonds. The first-order valence-electron chi connectivity index (χ1n) is 6.80. The molecule has 0 heterocycles. The largest absolute Gasteiger partial charge is 0.494 e. The Kier molecular flexibility index (Phi) is 8.50. The molecule has 0 aromatic heterocycles. The SMILES string of the molecule is CCCOc1ccc(OCCSCC(C)CO)cc1. The summed E-state index contributed by atoms with van der Waals surface area (Å²) in [5.41, 5.74) is 0. The Hall–Kier alpha value is -0.870. The van der Waals surface area contributed by atoms with Gasteiger partial charge in [0.25, 0.3) is 0 Å². The quantitative estimate of drug-likeness (QED) is 0.670. The first-order valence-corrected chi connectivity index (χ1v) is 7.96. The standard InChI is InChI=1S/C15H24O3S/c1-3-8-17-14-4-6-15(7-5-14)18-9-10-19-12-13(2)11-16/h4-7,13,16H,3,8-12H2,1-2H3. The number of hydrogen-bond acceptors (Lipinski definition) is 4. The van der Waals surface area contributed by atoms with Gasteiger partial charge in [0.1, 0.15) is 11.5 Å². The minimum absolute atomic E-state index is 0.257. The summed E-state index contributed by atoms with van der Waals surface area (Å²) in [6.45, 7) is 5.83. The van der Waals surface area contributed by atoms with Crippen molar-refractivity contribution < 1.29 is 14.6 Å². The monoisotopic (exact) mass is 284 g/mol. The molecule has 0 aliphatic heterocycles. The molecule has 1 rings (SSSR count). The van der Waals surface area contributed by atoms with Gasteiger partial charge in [-0.3, -0.25) is 0 Å². The van der Waals surface area contributed by atoms with Gasteiger partial charge in [-0.15, -0.1) is 0 Å². The molecule has 0 saturated heterocycles. The highest BCUT2D eigenvalue weighted by Gasteiger charge is 2.00. The maximum Gasteiger partial charge on any atom is 0.119 e. The lowest BCUT2D eigenvalue weighted by molar-refractivity contribution is 0.250. The normalized spacial score (nSPS) is 12.2. The summed E-state index contributed by atoms with van der Waals surface area (Å²) in [5.74, 6) is 4.04. The smallest absolute Gasteiger partial charge is 0.119 e. The number of aliphatic hydroxyl groups excluding tert-OH is 1. The fourth-order valence-corrected chi connectivity index (χ4v) is 2.28. The predicted octanol–water partition coefficient (Wildman–Crippen LogP) is 3.22. The van der Waals surface area contributed by atoms with Gasteiger partial charge in [0.2, 0.25) is 0 Å². The summed E-state index contributed by atoms with van der Waals surface area (Å²) in [6, 6.07) is 7.75. The average molecular weight is 284 g/mol. The van der Waals surface area contributed by atoms with E-state index >= 15 is 0 Å². The Bertz CT molecular complexity index is 327. The van der Waals surface area contributed by atoms with Gasteiger partial charge in [-0.1, -0.05) is 13.8 Å². The second-order valence-electron chi connectivity index (χ2n) is 4.53. The number of benzene rings is 1. The molecule has 0 bridgehead atoms. The Balaban J connectivity index is 2.15. The molecule has 0 radical (unpaired) electrons. The Morgan fingerprint density at radius 2 is 1.68 bits per heavy atom. The molecule has 4 heteroatoms. The van der Waals surface area contributed by atoms with E-state index in [0.717, 1.165) is 36.0 Å². The van der Waals surface area contributed by atoms with Crippen molar-refractivity contribution in [1.82, 2.24) is 0 Å². The molecule has 1 N–H and O–H groups in total. The van der Waals surface area contributed by atoms with Gasteiger partial charge in [0.15, 0.2) is 0 Å². The Labute approximate surface area is 120 Å². The van der Waals surface area contributed by atoms with E-state index in [2.05, 4.69) is 6.92 Å². The van der Waals surface area contributed by atoms with Crippen LogP contribution >= 0.6 is 11.8 Å². The topological polar surface area (TPSA) is 38.7 Å². The van der Waals surface area contributed by atoms with Crippen molar-refractivity contribution in [3.05, 3.63) is 24.3 Å². The van der Waals surface area contributed by atoms with Crippen LogP contribution in [-0.2, 0) is 0 Å². The highest BCUT2D eigenvalue weighted by molar-refractivity contribution is 7.99. The third-order valence-corrected chi connectivity index (χ3v) is 3.77. The van der Waals surface area contributed by atoms with Crippen molar-refractivity contribution in [3.8, 4) is 11.5 Å². The van der Waals surface area contributed by atoms with Crippen molar-refractivity contribution in [1.29, 1.82) is 0 Å². The van der Waals surface area contributed by atoms with Crippen LogP contribution in [0.2, 0.25) is 0 Å². The Morgan fingerprint density at radius 1 is 1.11 bits per heavy atom. The summed E-state index contributed by atoms with van der Waals surface area (Å²) in [5, 5.41) is 8.90. The third-order valence-electron chi connectivity index (χ3n) is 2.51. The van der Waals surface area contributed by atoms with E-state index in [1.54, 1.807) is 0 Å². The molecule has 108 valence electrons. The van der Waals surface area contributed by atoms with Gasteiger partial charge in [-0.2, -0.15) is 11.8 Å². The number of thioether (sulfide) groups is 1. The molecule has 0 aliphatic carbocycles. The predicted molar refractivity (Wildman–Crippen MR) is 81.3 cm³/mol.